The third-order valence-corrected chi connectivity index (χ3v) is 2.34. The van der Waals surface area contributed by atoms with Crippen LogP contribution in [-0.4, -0.2) is 31.3 Å². The molecule has 0 amide bonds. The van der Waals surface area contributed by atoms with Gasteiger partial charge in [0.1, 0.15) is 5.82 Å². The number of Topliss-reactive ketones (excluding diaryl/α,β-unsaturated/α-hetero) is 1. The number of rotatable bonds is 4. The van der Waals surface area contributed by atoms with Crippen molar-refractivity contribution in [1.29, 1.82) is 0 Å². The first kappa shape index (κ1) is 12.1. The predicted molar refractivity (Wildman–Crippen MR) is 58.9 cm³/mol. The van der Waals surface area contributed by atoms with E-state index in [0.717, 1.165) is 0 Å². The molecule has 0 bridgehead atoms. The lowest BCUT2D eigenvalue weighted by molar-refractivity contribution is 0.0972. The van der Waals surface area contributed by atoms with E-state index in [0.29, 0.717) is 18.0 Å². The predicted octanol–water partition coefficient (Wildman–Crippen LogP) is 2.61. The molecule has 0 atom stereocenters. The summed E-state index contributed by atoms with van der Waals surface area (Å²) in [5.74, 6) is -0.569. The van der Waals surface area contributed by atoms with E-state index >= 15 is 0 Å². The third-order valence-electron chi connectivity index (χ3n) is 2.01. The van der Waals surface area contributed by atoms with E-state index in [9.17, 15) is 9.18 Å². The number of carbonyl (C=O) groups excluding carboxylic acids is 1. The van der Waals surface area contributed by atoms with E-state index in [4.69, 9.17) is 11.6 Å². The number of carbonyl (C=O) groups is 1. The van der Waals surface area contributed by atoms with Crippen LogP contribution in [0.15, 0.2) is 18.2 Å². The highest BCUT2D eigenvalue weighted by Gasteiger charge is 2.11. The Balaban J connectivity index is 2.77. The van der Waals surface area contributed by atoms with Crippen molar-refractivity contribution in [2.45, 2.75) is 6.42 Å². The van der Waals surface area contributed by atoms with Crippen LogP contribution >= 0.6 is 11.6 Å². The zero-order chi connectivity index (χ0) is 11.4. The summed E-state index contributed by atoms with van der Waals surface area (Å²) in [5.41, 5.74) is 0.263. The van der Waals surface area contributed by atoms with Gasteiger partial charge in [0.15, 0.2) is 5.78 Å². The molecule has 1 aromatic rings. The second-order valence-electron chi connectivity index (χ2n) is 3.60. The Morgan fingerprint density at radius 3 is 2.73 bits per heavy atom. The Morgan fingerprint density at radius 1 is 1.47 bits per heavy atom. The fourth-order valence-corrected chi connectivity index (χ4v) is 1.39. The van der Waals surface area contributed by atoms with Gasteiger partial charge in [-0.25, -0.2) is 4.39 Å². The van der Waals surface area contributed by atoms with Gasteiger partial charge in [0.25, 0.3) is 0 Å². The summed E-state index contributed by atoms with van der Waals surface area (Å²) in [5, 5.41) is 0.306. The van der Waals surface area contributed by atoms with Crippen LogP contribution < -0.4 is 0 Å². The molecule has 0 saturated carbocycles. The molecular weight excluding hydrogens is 217 g/mol. The van der Waals surface area contributed by atoms with Gasteiger partial charge in [-0.05, 0) is 32.3 Å². The summed E-state index contributed by atoms with van der Waals surface area (Å²) in [7, 11) is 3.75. The Hall–Kier alpha value is -0.930. The molecule has 15 heavy (non-hydrogen) atoms. The van der Waals surface area contributed by atoms with Crippen LogP contribution in [0.4, 0.5) is 4.39 Å². The van der Waals surface area contributed by atoms with E-state index in [-0.39, 0.29) is 11.3 Å². The maximum Gasteiger partial charge on any atom is 0.165 e. The minimum absolute atomic E-state index is 0.131. The molecule has 0 radical (unpaired) electrons. The molecule has 1 aromatic carbocycles. The van der Waals surface area contributed by atoms with Gasteiger partial charge < -0.3 is 4.90 Å². The van der Waals surface area contributed by atoms with Crippen molar-refractivity contribution >= 4 is 17.4 Å². The van der Waals surface area contributed by atoms with E-state index in [2.05, 4.69) is 0 Å². The van der Waals surface area contributed by atoms with Gasteiger partial charge >= 0.3 is 0 Å². The molecule has 0 aliphatic rings. The van der Waals surface area contributed by atoms with Gasteiger partial charge in [0, 0.05) is 18.5 Å². The van der Waals surface area contributed by atoms with E-state index in [1.807, 2.05) is 19.0 Å². The minimum atomic E-state index is -0.437. The maximum absolute atomic E-state index is 12.9. The van der Waals surface area contributed by atoms with Gasteiger partial charge in [-0.15, -0.1) is 0 Å². The van der Waals surface area contributed by atoms with E-state index < -0.39 is 5.82 Å². The SMILES string of the molecule is CN(C)CCC(=O)c1cc(F)ccc1Cl. The molecule has 1 rings (SSSR count). The van der Waals surface area contributed by atoms with Gasteiger partial charge in [0.2, 0.25) is 0 Å². The maximum atomic E-state index is 12.9. The largest absolute Gasteiger partial charge is 0.309 e. The number of benzene rings is 1. The lowest BCUT2D eigenvalue weighted by Crippen LogP contribution is -2.16. The Bertz CT molecular complexity index is 366. The minimum Gasteiger partial charge on any atom is -0.309 e. The molecule has 0 aliphatic carbocycles. The number of hydrogen-bond acceptors (Lipinski definition) is 2. The average Bonchev–Trinajstić information content (AvgIpc) is 2.18. The van der Waals surface area contributed by atoms with Crippen molar-refractivity contribution in [2.75, 3.05) is 20.6 Å². The van der Waals surface area contributed by atoms with E-state index in [1.54, 1.807) is 0 Å². The molecular formula is C11H13ClFNO. The van der Waals surface area contributed by atoms with Gasteiger partial charge in [-0.3, -0.25) is 4.79 Å². The van der Waals surface area contributed by atoms with Gasteiger partial charge in [0.05, 0.1) is 5.02 Å². The number of halogens is 2. The molecule has 0 unspecified atom stereocenters. The molecule has 82 valence electrons. The molecule has 0 heterocycles. The standard InChI is InChI=1S/C11H13ClFNO/c1-14(2)6-5-11(15)9-7-8(13)3-4-10(9)12/h3-4,7H,5-6H2,1-2H3. The summed E-state index contributed by atoms with van der Waals surface area (Å²) >= 11 is 5.81. The second-order valence-corrected chi connectivity index (χ2v) is 4.01. The smallest absolute Gasteiger partial charge is 0.165 e. The molecule has 0 N–H and O–H groups in total. The van der Waals surface area contributed by atoms with Crippen molar-refractivity contribution in [3.8, 4) is 0 Å². The fourth-order valence-electron chi connectivity index (χ4n) is 1.17. The Labute approximate surface area is 93.6 Å². The lowest BCUT2D eigenvalue weighted by atomic mass is 10.1. The third kappa shape index (κ3) is 3.61. The number of hydrogen-bond donors (Lipinski definition) is 0. The van der Waals surface area contributed by atoms with Crippen LogP contribution in [0.1, 0.15) is 16.8 Å². The zero-order valence-electron chi connectivity index (χ0n) is 8.76. The highest BCUT2D eigenvalue weighted by atomic mass is 35.5. The van der Waals surface area contributed by atoms with Crippen molar-refractivity contribution in [3.05, 3.63) is 34.6 Å². The normalized spacial score (nSPS) is 10.7. The Kier molecular flexibility index (Phi) is 4.24. The topological polar surface area (TPSA) is 20.3 Å². The summed E-state index contributed by atoms with van der Waals surface area (Å²) < 4.78 is 12.9. The van der Waals surface area contributed by atoms with E-state index in [1.165, 1.54) is 18.2 Å². The molecule has 0 saturated heterocycles. The molecule has 4 heteroatoms. The first-order chi connectivity index (χ1) is 7.00. The monoisotopic (exact) mass is 229 g/mol. The molecule has 0 aliphatic heterocycles. The van der Waals surface area contributed by atoms with Crippen LogP contribution in [0.2, 0.25) is 5.02 Å². The molecule has 2 nitrogen and oxygen atoms in total. The first-order valence-electron chi connectivity index (χ1n) is 4.63. The molecule has 0 aromatic heterocycles. The van der Waals surface area contributed by atoms with Crippen LogP contribution in [-0.2, 0) is 0 Å². The Morgan fingerprint density at radius 2 is 2.13 bits per heavy atom. The summed E-state index contributed by atoms with van der Waals surface area (Å²) in [6.07, 6.45) is 0.343. The number of nitrogens with zero attached hydrogens (tertiary/aromatic N) is 1. The van der Waals surface area contributed by atoms with Crippen molar-refractivity contribution in [1.82, 2.24) is 4.90 Å². The van der Waals surface area contributed by atoms with Crippen LogP contribution in [0.3, 0.4) is 0 Å². The molecule has 0 spiro atoms. The quantitative estimate of drug-likeness (QED) is 0.740. The highest BCUT2D eigenvalue weighted by molar-refractivity contribution is 6.33. The lowest BCUT2D eigenvalue weighted by Gasteiger charge is -2.09. The number of ketones is 1. The summed E-state index contributed by atoms with van der Waals surface area (Å²) in [6, 6.07) is 3.82. The van der Waals surface area contributed by atoms with Crippen molar-refractivity contribution in [3.63, 3.8) is 0 Å². The van der Waals surface area contributed by atoms with Crippen LogP contribution in [0.5, 0.6) is 0 Å². The van der Waals surface area contributed by atoms with Crippen molar-refractivity contribution < 1.29 is 9.18 Å². The van der Waals surface area contributed by atoms with Gasteiger partial charge in [-0.1, -0.05) is 11.6 Å². The second kappa shape index (κ2) is 5.24. The highest BCUT2D eigenvalue weighted by Crippen LogP contribution is 2.18. The molecule has 0 fully saturated rings. The van der Waals surface area contributed by atoms with Crippen LogP contribution in [0.25, 0.3) is 0 Å². The van der Waals surface area contributed by atoms with Crippen LogP contribution in [0, 0.1) is 5.82 Å². The average molecular weight is 230 g/mol. The summed E-state index contributed by atoms with van der Waals surface area (Å²) in [6.45, 7) is 0.631. The fraction of sp³-hybridized carbons (Fsp3) is 0.364. The van der Waals surface area contributed by atoms with Gasteiger partial charge in [-0.2, -0.15) is 0 Å². The first-order valence-corrected chi connectivity index (χ1v) is 5.01. The summed E-state index contributed by atoms with van der Waals surface area (Å²) in [4.78, 5) is 13.5. The zero-order valence-corrected chi connectivity index (χ0v) is 9.51. The van der Waals surface area contributed by atoms with Crippen molar-refractivity contribution in [2.24, 2.45) is 0 Å².